The minimum Gasteiger partial charge on any atom is -0.379 e. The summed E-state index contributed by atoms with van der Waals surface area (Å²) in [5.41, 5.74) is 1.39. The second kappa shape index (κ2) is 7.45. The lowest BCUT2D eigenvalue weighted by Gasteiger charge is -2.38. The Morgan fingerprint density at radius 3 is 2.20 bits per heavy atom. The molecule has 1 aliphatic rings. The summed E-state index contributed by atoms with van der Waals surface area (Å²) in [7, 11) is 3.95. The van der Waals surface area contributed by atoms with Crippen LogP contribution in [0.2, 0.25) is 5.02 Å². The van der Waals surface area contributed by atoms with Crippen molar-refractivity contribution in [3.05, 3.63) is 49.7 Å². The highest BCUT2D eigenvalue weighted by molar-refractivity contribution is 6.30. The summed E-state index contributed by atoms with van der Waals surface area (Å²) < 4.78 is 0. The van der Waals surface area contributed by atoms with Gasteiger partial charge in [-0.2, -0.15) is 0 Å². The predicted octanol–water partition coefficient (Wildman–Crippen LogP) is 1.24. The third kappa shape index (κ3) is 3.80. The van der Waals surface area contributed by atoms with E-state index in [4.69, 9.17) is 11.6 Å². The molecular weight excluding hydrogens is 340 g/mol. The number of likely N-dealkylation sites (N-methyl/N-ethyl adjacent to an activating group) is 1. The number of halogens is 1. The smallest absolute Gasteiger partial charge is 0.253 e. The molecule has 0 spiro atoms. The van der Waals surface area contributed by atoms with Crippen molar-refractivity contribution < 1.29 is 0 Å². The summed E-state index contributed by atoms with van der Waals surface area (Å²) in [4.78, 5) is 30.2. The lowest BCUT2D eigenvalue weighted by Crippen LogP contribution is -2.51. The van der Waals surface area contributed by atoms with Crippen LogP contribution in [0.1, 0.15) is 0 Å². The minimum absolute atomic E-state index is 0.368. The molecule has 1 saturated heterocycles. The van der Waals surface area contributed by atoms with E-state index in [1.54, 1.807) is 0 Å². The maximum atomic E-state index is 12.0. The van der Waals surface area contributed by atoms with E-state index in [0.29, 0.717) is 17.9 Å². The third-order valence-corrected chi connectivity index (χ3v) is 4.79. The molecule has 6 nitrogen and oxygen atoms in total. The molecule has 0 unspecified atom stereocenters. The molecule has 1 fully saturated rings. The van der Waals surface area contributed by atoms with Crippen molar-refractivity contribution in [1.82, 2.24) is 4.90 Å². The van der Waals surface area contributed by atoms with Gasteiger partial charge in [-0.05, 0) is 38.4 Å². The monoisotopic (exact) mass is 362 g/mol. The van der Waals surface area contributed by atoms with Crippen LogP contribution in [0.25, 0.3) is 0 Å². The molecule has 0 atom stereocenters. The first kappa shape index (κ1) is 17.8. The van der Waals surface area contributed by atoms with Crippen molar-refractivity contribution in [2.75, 3.05) is 68.5 Å². The Balaban J connectivity index is 1.63. The standard InChI is InChI=1S/C18H23ClN4O2/c1-21(2)8-7-20-15-16(18(25)17(15)24)23-11-9-22(10-12-23)14-5-3-13(19)4-6-14/h3-6,20H,7-12H2,1-2H3. The summed E-state index contributed by atoms with van der Waals surface area (Å²) in [6.45, 7) is 4.50. The molecule has 7 heteroatoms. The Hall–Kier alpha value is -2.05. The molecule has 0 aromatic heterocycles. The van der Waals surface area contributed by atoms with Gasteiger partial charge in [-0.3, -0.25) is 9.59 Å². The summed E-state index contributed by atoms with van der Waals surface area (Å²) >= 11 is 5.94. The van der Waals surface area contributed by atoms with Gasteiger partial charge in [0.05, 0.1) is 0 Å². The van der Waals surface area contributed by atoms with E-state index < -0.39 is 5.43 Å². The summed E-state index contributed by atoms with van der Waals surface area (Å²) in [5, 5.41) is 3.85. The van der Waals surface area contributed by atoms with Crippen LogP contribution in [0.3, 0.4) is 0 Å². The molecule has 0 amide bonds. The molecule has 134 valence electrons. The Morgan fingerprint density at radius 1 is 1.00 bits per heavy atom. The van der Waals surface area contributed by atoms with Crippen molar-refractivity contribution in [2.24, 2.45) is 0 Å². The highest BCUT2D eigenvalue weighted by Crippen LogP contribution is 2.24. The van der Waals surface area contributed by atoms with Gasteiger partial charge in [0.2, 0.25) is 0 Å². The van der Waals surface area contributed by atoms with E-state index in [1.165, 1.54) is 0 Å². The maximum absolute atomic E-state index is 12.0. The fraction of sp³-hybridized carbons (Fsp3) is 0.444. The highest BCUT2D eigenvalue weighted by atomic mass is 35.5. The number of benzene rings is 1. The molecule has 0 aliphatic carbocycles. The van der Waals surface area contributed by atoms with Crippen LogP contribution in [-0.2, 0) is 0 Å². The van der Waals surface area contributed by atoms with Gasteiger partial charge in [0.15, 0.2) is 0 Å². The van der Waals surface area contributed by atoms with Gasteiger partial charge in [0.25, 0.3) is 10.9 Å². The van der Waals surface area contributed by atoms with Gasteiger partial charge < -0.3 is 20.0 Å². The summed E-state index contributed by atoms with van der Waals surface area (Å²) in [6, 6.07) is 7.77. The average molecular weight is 363 g/mol. The molecule has 25 heavy (non-hydrogen) atoms. The topological polar surface area (TPSA) is 55.9 Å². The lowest BCUT2D eigenvalue weighted by molar-refractivity contribution is 0.425. The molecule has 3 rings (SSSR count). The molecule has 2 aromatic rings. The number of hydrogen-bond acceptors (Lipinski definition) is 6. The third-order valence-electron chi connectivity index (χ3n) is 4.53. The Morgan fingerprint density at radius 2 is 1.60 bits per heavy atom. The fourth-order valence-corrected chi connectivity index (χ4v) is 3.22. The van der Waals surface area contributed by atoms with Crippen LogP contribution in [-0.4, -0.2) is 58.3 Å². The Labute approximate surface area is 152 Å². The Kier molecular flexibility index (Phi) is 5.30. The van der Waals surface area contributed by atoms with Crippen LogP contribution in [0.15, 0.2) is 33.9 Å². The van der Waals surface area contributed by atoms with E-state index in [9.17, 15) is 9.59 Å². The molecule has 0 saturated carbocycles. The van der Waals surface area contributed by atoms with Crippen molar-refractivity contribution in [2.45, 2.75) is 0 Å². The van der Waals surface area contributed by atoms with E-state index in [0.717, 1.165) is 43.4 Å². The maximum Gasteiger partial charge on any atom is 0.253 e. The number of anilines is 3. The zero-order chi connectivity index (χ0) is 18.0. The predicted molar refractivity (Wildman–Crippen MR) is 104 cm³/mol. The fourth-order valence-electron chi connectivity index (χ4n) is 3.09. The van der Waals surface area contributed by atoms with Gasteiger partial charge in [-0.1, -0.05) is 11.6 Å². The second-order valence-corrected chi connectivity index (χ2v) is 7.00. The number of nitrogens with one attached hydrogen (secondary N) is 1. The first-order chi connectivity index (χ1) is 12.0. The van der Waals surface area contributed by atoms with Crippen molar-refractivity contribution in [1.29, 1.82) is 0 Å². The van der Waals surface area contributed by atoms with Crippen molar-refractivity contribution in [3.63, 3.8) is 0 Å². The molecule has 1 heterocycles. The van der Waals surface area contributed by atoms with Gasteiger partial charge in [-0.25, -0.2) is 0 Å². The number of hydrogen-bond donors (Lipinski definition) is 1. The van der Waals surface area contributed by atoms with Crippen LogP contribution in [0.4, 0.5) is 17.1 Å². The molecule has 0 bridgehead atoms. The minimum atomic E-state index is -0.395. The molecule has 1 N–H and O–H groups in total. The van der Waals surface area contributed by atoms with Gasteiger partial charge in [0.1, 0.15) is 11.4 Å². The van der Waals surface area contributed by atoms with Crippen LogP contribution in [0.5, 0.6) is 0 Å². The molecule has 0 radical (unpaired) electrons. The first-order valence-electron chi connectivity index (χ1n) is 8.44. The Bertz CT molecular complexity index is 788. The molecular formula is C18H23ClN4O2. The number of piperazine rings is 1. The number of nitrogens with zero attached hydrogens (tertiary/aromatic N) is 3. The average Bonchev–Trinajstić information content (AvgIpc) is 2.61. The number of rotatable bonds is 6. The summed E-state index contributed by atoms with van der Waals surface area (Å²) in [6.07, 6.45) is 0. The van der Waals surface area contributed by atoms with E-state index in [2.05, 4.69) is 10.2 Å². The van der Waals surface area contributed by atoms with E-state index in [-0.39, 0.29) is 5.43 Å². The van der Waals surface area contributed by atoms with Crippen molar-refractivity contribution >= 4 is 28.7 Å². The van der Waals surface area contributed by atoms with E-state index >= 15 is 0 Å². The highest BCUT2D eigenvalue weighted by Gasteiger charge is 2.28. The first-order valence-corrected chi connectivity index (χ1v) is 8.82. The van der Waals surface area contributed by atoms with Gasteiger partial charge in [0, 0.05) is 50.0 Å². The van der Waals surface area contributed by atoms with E-state index in [1.807, 2.05) is 48.2 Å². The zero-order valence-electron chi connectivity index (χ0n) is 14.6. The SMILES string of the molecule is CN(C)CCNc1c(N2CCN(c3ccc(Cl)cc3)CC2)c(=O)c1=O. The van der Waals surface area contributed by atoms with Crippen molar-refractivity contribution in [3.8, 4) is 0 Å². The largest absolute Gasteiger partial charge is 0.379 e. The zero-order valence-corrected chi connectivity index (χ0v) is 15.3. The molecule has 2 aromatic carbocycles. The summed E-state index contributed by atoms with van der Waals surface area (Å²) in [5.74, 6) is 0. The van der Waals surface area contributed by atoms with Crippen LogP contribution >= 0.6 is 11.6 Å². The van der Waals surface area contributed by atoms with Gasteiger partial charge in [-0.15, -0.1) is 0 Å². The molecule has 1 aliphatic heterocycles. The van der Waals surface area contributed by atoms with Crippen LogP contribution in [0, 0.1) is 0 Å². The lowest BCUT2D eigenvalue weighted by atomic mass is 10.1. The second-order valence-electron chi connectivity index (χ2n) is 6.56. The van der Waals surface area contributed by atoms with Crippen LogP contribution < -0.4 is 26.0 Å². The normalized spacial score (nSPS) is 15.2. The quantitative estimate of drug-likeness (QED) is 0.780. The van der Waals surface area contributed by atoms with Gasteiger partial charge >= 0.3 is 0 Å².